The van der Waals surface area contributed by atoms with Gasteiger partial charge in [0, 0.05) is 16.1 Å². The second kappa shape index (κ2) is 6.34. The van der Waals surface area contributed by atoms with Crippen LogP contribution in [0.4, 0.5) is 0 Å². The molecule has 0 bridgehead atoms. The van der Waals surface area contributed by atoms with Crippen molar-refractivity contribution in [1.82, 2.24) is 0 Å². The van der Waals surface area contributed by atoms with Gasteiger partial charge in [0.25, 0.3) is 0 Å². The molecule has 0 aromatic heterocycles. The fourth-order valence-electron chi connectivity index (χ4n) is 1.85. The molecule has 0 aliphatic heterocycles. The molecule has 0 saturated carbocycles. The quantitative estimate of drug-likeness (QED) is 0.783. The summed E-state index contributed by atoms with van der Waals surface area (Å²) in [6.45, 7) is 0. The molecule has 5 heteroatoms. The van der Waals surface area contributed by atoms with Crippen molar-refractivity contribution in [1.29, 1.82) is 0 Å². The summed E-state index contributed by atoms with van der Waals surface area (Å²) in [5, 5.41) is 2.24. The first-order valence-corrected chi connectivity index (χ1v) is 7.13. The smallest absolute Gasteiger partial charge is 0.0624 e. The van der Waals surface area contributed by atoms with E-state index in [0.717, 1.165) is 11.1 Å². The molecular formula is C14H11Cl4N. The predicted molar refractivity (Wildman–Crippen MR) is 83.6 cm³/mol. The zero-order valence-electron chi connectivity index (χ0n) is 9.84. The van der Waals surface area contributed by atoms with Gasteiger partial charge in [-0.05, 0) is 41.8 Å². The van der Waals surface area contributed by atoms with Crippen LogP contribution in [0.3, 0.4) is 0 Å². The number of benzene rings is 2. The lowest BCUT2D eigenvalue weighted by Crippen LogP contribution is -2.14. The average molecular weight is 335 g/mol. The molecule has 19 heavy (non-hydrogen) atoms. The van der Waals surface area contributed by atoms with Crippen molar-refractivity contribution < 1.29 is 0 Å². The fourth-order valence-corrected chi connectivity index (χ4v) is 2.69. The third-order valence-corrected chi connectivity index (χ3v) is 4.27. The van der Waals surface area contributed by atoms with Gasteiger partial charge in [-0.15, -0.1) is 0 Å². The number of hydrogen-bond acceptors (Lipinski definition) is 1. The standard InChI is InChI=1S/C14H11Cl4N/c15-9-4-5-11(16)10(7-9)13(19)6-8-2-1-3-12(17)14(8)18/h1-5,7,13H,6,19H2. The van der Waals surface area contributed by atoms with Crippen LogP contribution in [0.25, 0.3) is 0 Å². The summed E-state index contributed by atoms with van der Waals surface area (Å²) in [6.07, 6.45) is 0.541. The SMILES string of the molecule is NC(Cc1cccc(Cl)c1Cl)c1cc(Cl)ccc1Cl. The Labute approximate surface area is 132 Å². The molecule has 1 unspecified atom stereocenters. The van der Waals surface area contributed by atoms with Crippen molar-refractivity contribution in [2.45, 2.75) is 12.5 Å². The summed E-state index contributed by atoms with van der Waals surface area (Å²) in [5.41, 5.74) is 7.85. The van der Waals surface area contributed by atoms with Crippen molar-refractivity contribution in [3.8, 4) is 0 Å². The van der Waals surface area contributed by atoms with Gasteiger partial charge in [-0.2, -0.15) is 0 Å². The van der Waals surface area contributed by atoms with E-state index < -0.39 is 0 Å². The summed E-state index contributed by atoms with van der Waals surface area (Å²) in [6, 6.07) is 10.4. The first-order chi connectivity index (χ1) is 8.99. The molecular weight excluding hydrogens is 324 g/mol. The van der Waals surface area contributed by atoms with E-state index in [1.807, 2.05) is 12.1 Å². The molecule has 0 heterocycles. The van der Waals surface area contributed by atoms with Gasteiger partial charge >= 0.3 is 0 Å². The Bertz CT molecular complexity index is 598. The highest BCUT2D eigenvalue weighted by atomic mass is 35.5. The lowest BCUT2D eigenvalue weighted by Gasteiger charge is -2.15. The van der Waals surface area contributed by atoms with Crippen molar-refractivity contribution >= 4 is 46.4 Å². The number of hydrogen-bond donors (Lipinski definition) is 1. The van der Waals surface area contributed by atoms with Crippen LogP contribution in [-0.4, -0.2) is 0 Å². The van der Waals surface area contributed by atoms with Gasteiger partial charge in [-0.1, -0.05) is 58.5 Å². The zero-order chi connectivity index (χ0) is 14.0. The summed E-state index contributed by atoms with van der Waals surface area (Å²) < 4.78 is 0. The van der Waals surface area contributed by atoms with Crippen LogP contribution < -0.4 is 5.73 Å². The summed E-state index contributed by atoms with van der Waals surface area (Å²) in [5.74, 6) is 0. The van der Waals surface area contributed by atoms with Crippen molar-refractivity contribution in [3.63, 3.8) is 0 Å². The average Bonchev–Trinajstić information content (AvgIpc) is 2.38. The minimum Gasteiger partial charge on any atom is -0.324 e. The van der Waals surface area contributed by atoms with Gasteiger partial charge in [0.1, 0.15) is 0 Å². The molecule has 0 aliphatic rings. The Morgan fingerprint density at radius 2 is 1.68 bits per heavy atom. The third kappa shape index (κ3) is 3.56. The molecule has 1 atom stereocenters. The summed E-state index contributed by atoms with van der Waals surface area (Å²) in [4.78, 5) is 0. The van der Waals surface area contributed by atoms with Crippen LogP contribution in [0.5, 0.6) is 0 Å². The van der Waals surface area contributed by atoms with Crippen molar-refractivity contribution in [2.24, 2.45) is 5.73 Å². The summed E-state index contributed by atoms with van der Waals surface area (Å²) >= 11 is 24.2. The number of halogens is 4. The highest BCUT2D eigenvalue weighted by molar-refractivity contribution is 6.42. The minimum atomic E-state index is -0.290. The Morgan fingerprint density at radius 1 is 0.947 bits per heavy atom. The second-order valence-corrected chi connectivity index (χ2v) is 5.82. The summed E-state index contributed by atoms with van der Waals surface area (Å²) in [7, 11) is 0. The minimum absolute atomic E-state index is 0.290. The van der Waals surface area contributed by atoms with E-state index in [9.17, 15) is 0 Å². The monoisotopic (exact) mass is 333 g/mol. The van der Waals surface area contributed by atoms with Gasteiger partial charge < -0.3 is 5.73 Å². The van der Waals surface area contributed by atoms with Crippen molar-refractivity contribution in [2.75, 3.05) is 0 Å². The van der Waals surface area contributed by atoms with Gasteiger partial charge in [0.05, 0.1) is 10.0 Å². The molecule has 0 fully saturated rings. The van der Waals surface area contributed by atoms with E-state index in [0.29, 0.717) is 26.5 Å². The van der Waals surface area contributed by atoms with Gasteiger partial charge in [-0.3, -0.25) is 0 Å². The molecule has 2 N–H and O–H groups in total. The largest absolute Gasteiger partial charge is 0.324 e. The van der Waals surface area contributed by atoms with E-state index in [-0.39, 0.29) is 6.04 Å². The normalized spacial score (nSPS) is 12.5. The van der Waals surface area contributed by atoms with Crippen LogP contribution in [0, 0.1) is 0 Å². The maximum absolute atomic E-state index is 6.17. The van der Waals surface area contributed by atoms with Crippen LogP contribution >= 0.6 is 46.4 Å². The maximum atomic E-state index is 6.17. The van der Waals surface area contributed by atoms with E-state index in [4.69, 9.17) is 52.1 Å². The third-order valence-electron chi connectivity index (χ3n) is 2.83. The van der Waals surface area contributed by atoms with Crippen LogP contribution in [0.15, 0.2) is 36.4 Å². The van der Waals surface area contributed by atoms with Gasteiger partial charge in [0.2, 0.25) is 0 Å². The zero-order valence-corrected chi connectivity index (χ0v) is 12.9. The van der Waals surface area contributed by atoms with Crippen LogP contribution in [0.1, 0.15) is 17.2 Å². The molecule has 1 nitrogen and oxygen atoms in total. The van der Waals surface area contributed by atoms with Gasteiger partial charge in [-0.25, -0.2) is 0 Å². The highest BCUT2D eigenvalue weighted by Crippen LogP contribution is 2.31. The lowest BCUT2D eigenvalue weighted by atomic mass is 9.99. The number of rotatable bonds is 3. The molecule has 2 rings (SSSR count). The molecule has 0 amide bonds. The molecule has 0 radical (unpaired) electrons. The maximum Gasteiger partial charge on any atom is 0.0624 e. The van der Waals surface area contributed by atoms with Crippen LogP contribution in [-0.2, 0) is 6.42 Å². The number of nitrogens with two attached hydrogens (primary N) is 1. The fraction of sp³-hybridized carbons (Fsp3) is 0.143. The Morgan fingerprint density at radius 3 is 2.42 bits per heavy atom. The first kappa shape index (κ1) is 15.0. The second-order valence-electron chi connectivity index (χ2n) is 4.19. The first-order valence-electron chi connectivity index (χ1n) is 5.62. The molecule has 0 spiro atoms. The predicted octanol–water partition coefficient (Wildman–Crippen LogP) is 5.54. The van der Waals surface area contributed by atoms with Crippen molar-refractivity contribution in [3.05, 3.63) is 67.6 Å². The van der Waals surface area contributed by atoms with E-state index in [1.165, 1.54) is 0 Å². The lowest BCUT2D eigenvalue weighted by molar-refractivity contribution is 0.722. The molecule has 100 valence electrons. The van der Waals surface area contributed by atoms with E-state index in [1.54, 1.807) is 24.3 Å². The van der Waals surface area contributed by atoms with Gasteiger partial charge in [0.15, 0.2) is 0 Å². The topological polar surface area (TPSA) is 26.0 Å². The van der Waals surface area contributed by atoms with E-state index >= 15 is 0 Å². The molecule has 0 saturated heterocycles. The molecule has 0 aliphatic carbocycles. The molecule has 2 aromatic rings. The van der Waals surface area contributed by atoms with E-state index in [2.05, 4.69) is 0 Å². The Kier molecular flexibility index (Phi) is 4.99. The highest BCUT2D eigenvalue weighted by Gasteiger charge is 2.14. The van der Waals surface area contributed by atoms with Crippen LogP contribution in [0.2, 0.25) is 20.1 Å². The Hall–Kier alpha value is -0.440. The Balaban J connectivity index is 2.28. The molecule has 2 aromatic carbocycles.